The van der Waals surface area contributed by atoms with Gasteiger partial charge in [-0.1, -0.05) is 33.1 Å². The quantitative estimate of drug-likeness (QED) is 0.807. The Labute approximate surface area is 142 Å². The molecule has 0 radical (unpaired) electrons. The Morgan fingerprint density at radius 2 is 1.78 bits per heavy atom. The Balaban J connectivity index is 0.000000392. The Morgan fingerprint density at radius 1 is 1.17 bits per heavy atom. The molecule has 1 N–H and O–H groups in total. The Morgan fingerprint density at radius 3 is 2.17 bits per heavy atom. The van der Waals surface area contributed by atoms with Gasteiger partial charge in [0.25, 0.3) is 0 Å². The third-order valence-electron chi connectivity index (χ3n) is 4.07. The Hall–Kier alpha value is -1.10. The van der Waals surface area contributed by atoms with E-state index in [-0.39, 0.29) is 12.0 Å². The number of methoxy groups -OCH3 is 1. The van der Waals surface area contributed by atoms with Gasteiger partial charge in [-0.05, 0) is 33.1 Å². The van der Waals surface area contributed by atoms with E-state index in [9.17, 15) is 9.59 Å². The van der Waals surface area contributed by atoms with Gasteiger partial charge in [0.05, 0.1) is 6.10 Å². The van der Waals surface area contributed by atoms with Crippen molar-refractivity contribution in [3.8, 4) is 0 Å². The van der Waals surface area contributed by atoms with Crippen LogP contribution in [-0.4, -0.2) is 49.6 Å². The summed E-state index contributed by atoms with van der Waals surface area (Å²) < 4.78 is 5.04. The van der Waals surface area contributed by atoms with Gasteiger partial charge < -0.3 is 15.0 Å². The van der Waals surface area contributed by atoms with Crippen molar-refractivity contribution in [2.24, 2.45) is 5.92 Å². The van der Waals surface area contributed by atoms with Crippen molar-refractivity contribution < 1.29 is 14.3 Å². The normalized spacial score (nSPS) is 21.0. The molecule has 136 valence electrons. The number of nitrogens with zero attached hydrogens (tertiary/aromatic N) is 1. The molecule has 0 aromatic heterocycles. The van der Waals surface area contributed by atoms with Crippen molar-refractivity contribution >= 4 is 12.3 Å². The van der Waals surface area contributed by atoms with Crippen molar-refractivity contribution in [3.63, 3.8) is 0 Å². The molecule has 5 nitrogen and oxygen atoms in total. The lowest BCUT2D eigenvalue weighted by Crippen LogP contribution is -2.36. The van der Waals surface area contributed by atoms with Gasteiger partial charge >= 0.3 is 0 Å². The first-order chi connectivity index (χ1) is 11.1. The number of ether oxygens (including phenoxy) is 1. The van der Waals surface area contributed by atoms with Crippen molar-refractivity contribution in [1.29, 1.82) is 0 Å². The molecule has 1 heterocycles. The topological polar surface area (TPSA) is 58.6 Å². The van der Waals surface area contributed by atoms with Gasteiger partial charge in [-0.15, -0.1) is 0 Å². The van der Waals surface area contributed by atoms with Gasteiger partial charge in [0.2, 0.25) is 12.3 Å². The highest BCUT2D eigenvalue weighted by Crippen LogP contribution is 2.23. The summed E-state index contributed by atoms with van der Waals surface area (Å²) in [4.78, 5) is 23.4. The largest absolute Gasteiger partial charge is 0.380 e. The molecule has 0 spiro atoms. The highest BCUT2D eigenvalue weighted by molar-refractivity contribution is 5.78. The monoisotopic (exact) mass is 328 g/mol. The van der Waals surface area contributed by atoms with Crippen LogP contribution in [0.3, 0.4) is 0 Å². The summed E-state index contributed by atoms with van der Waals surface area (Å²) in [5, 5.41) is 2.97. The number of carbonyl (C=O) groups excluding carboxylic acids is 2. The van der Waals surface area contributed by atoms with Crippen LogP contribution in [0.25, 0.3) is 0 Å². The number of hydrogen-bond acceptors (Lipinski definition) is 3. The number of rotatable bonds is 4. The van der Waals surface area contributed by atoms with Gasteiger partial charge in [-0.2, -0.15) is 0 Å². The van der Waals surface area contributed by atoms with Crippen LogP contribution in [0.1, 0.15) is 66.2 Å². The zero-order valence-corrected chi connectivity index (χ0v) is 15.6. The maximum absolute atomic E-state index is 11.5. The molecule has 2 aliphatic rings. The number of carbonyl (C=O) groups is 2. The first kappa shape index (κ1) is 21.9. The molecular formula is C18H36N2O3. The molecule has 0 aromatic rings. The second-order valence-electron chi connectivity index (χ2n) is 6.24. The molecule has 1 aliphatic heterocycles. The maximum Gasteiger partial charge on any atom is 0.223 e. The van der Waals surface area contributed by atoms with E-state index in [1.165, 1.54) is 19.3 Å². The van der Waals surface area contributed by atoms with Crippen molar-refractivity contribution in [2.75, 3.05) is 20.2 Å². The zero-order valence-electron chi connectivity index (χ0n) is 15.6. The second-order valence-corrected chi connectivity index (χ2v) is 6.24. The lowest BCUT2D eigenvalue weighted by molar-refractivity contribution is -0.126. The Bertz CT molecular complexity index is 315. The minimum Gasteiger partial charge on any atom is -0.380 e. The molecule has 2 rings (SSSR count). The summed E-state index contributed by atoms with van der Waals surface area (Å²) in [6.07, 6.45) is 8.10. The SMILES string of the molecule is CC.CC(C)NC(=O)C1CCCCC1.COC1CCN(C=O)C1. The van der Waals surface area contributed by atoms with Crippen molar-refractivity contribution in [3.05, 3.63) is 0 Å². The van der Waals surface area contributed by atoms with Crippen LogP contribution in [0.2, 0.25) is 0 Å². The van der Waals surface area contributed by atoms with Crippen LogP contribution in [-0.2, 0) is 14.3 Å². The summed E-state index contributed by atoms with van der Waals surface area (Å²) in [5.41, 5.74) is 0. The fourth-order valence-corrected chi connectivity index (χ4v) is 2.81. The molecule has 1 unspecified atom stereocenters. The van der Waals surface area contributed by atoms with E-state index in [1.54, 1.807) is 12.0 Å². The van der Waals surface area contributed by atoms with E-state index < -0.39 is 0 Å². The van der Waals surface area contributed by atoms with Crippen LogP contribution in [0.4, 0.5) is 0 Å². The second kappa shape index (κ2) is 13.3. The highest BCUT2D eigenvalue weighted by atomic mass is 16.5. The standard InChI is InChI=1S/C10H19NO.C6H11NO2.C2H6/c1-8(2)11-10(12)9-6-4-3-5-7-9;1-9-6-2-3-7(4-6)5-8;1-2/h8-9H,3-7H2,1-2H3,(H,11,12);5-6H,2-4H2,1H3;1-2H3. The van der Waals surface area contributed by atoms with E-state index in [0.717, 1.165) is 38.8 Å². The fraction of sp³-hybridized carbons (Fsp3) is 0.889. The molecule has 1 aliphatic carbocycles. The molecule has 1 atom stereocenters. The van der Waals surface area contributed by atoms with Crippen molar-refractivity contribution in [2.45, 2.75) is 78.4 Å². The lowest BCUT2D eigenvalue weighted by Gasteiger charge is -2.21. The summed E-state index contributed by atoms with van der Waals surface area (Å²) in [6.45, 7) is 9.64. The predicted molar refractivity (Wildman–Crippen MR) is 94.3 cm³/mol. The maximum atomic E-state index is 11.5. The van der Waals surface area contributed by atoms with Gasteiger partial charge in [0.1, 0.15) is 0 Å². The van der Waals surface area contributed by atoms with Crippen molar-refractivity contribution in [1.82, 2.24) is 10.2 Å². The first-order valence-corrected chi connectivity index (χ1v) is 9.09. The summed E-state index contributed by atoms with van der Waals surface area (Å²) in [6, 6.07) is 0.291. The van der Waals surface area contributed by atoms with E-state index in [2.05, 4.69) is 5.32 Å². The number of hydrogen-bond donors (Lipinski definition) is 1. The van der Waals surface area contributed by atoms with Gasteiger partial charge in [0.15, 0.2) is 0 Å². The minimum atomic E-state index is 0.268. The lowest BCUT2D eigenvalue weighted by atomic mass is 9.88. The van der Waals surface area contributed by atoms with Gasteiger partial charge in [-0.25, -0.2) is 0 Å². The van der Waals surface area contributed by atoms with Gasteiger partial charge in [0, 0.05) is 32.2 Å². The van der Waals surface area contributed by atoms with Gasteiger partial charge in [-0.3, -0.25) is 9.59 Å². The van der Waals surface area contributed by atoms with E-state index in [4.69, 9.17) is 4.74 Å². The molecular weight excluding hydrogens is 292 g/mol. The predicted octanol–water partition coefficient (Wildman–Crippen LogP) is 2.98. The average Bonchev–Trinajstić information content (AvgIpc) is 3.06. The minimum absolute atomic E-state index is 0.268. The van der Waals surface area contributed by atoms with Crippen LogP contribution >= 0.6 is 0 Å². The smallest absolute Gasteiger partial charge is 0.223 e. The zero-order chi connectivity index (χ0) is 17.7. The molecule has 0 bridgehead atoms. The summed E-state index contributed by atoms with van der Waals surface area (Å²) >= 11 is 0. The molecule has 2 fully saturated rings. The number of amides is 2. The molecule has 23 heavy (non-hydrogen) atoms. The van der Waals surface area contributed by atoms with E-state index in [0.29, 0.717) is 12.0 Å². The van der Waals surface area contributed by atoms with Crippen LogP contribution in [0, 0.1) is 5.92 Å². The third kappa shape index (κ3) is 9.59. The average molecular weight is 328 g/mol. The molecule has 5 heteroatoms. The molecule has 1 saturated carbocycles. The van der Waals surface area contributed by atoms with E-state index >= 15 is 0 Å². The first-order valence-electron chi connectivity index (χ1n) is 9.09. The summed E-state index contributed by atoms with van der Waals surface area (Å²) in [5.74, 6) is 0.575. The highest BCUT2D eigenvalue weighted by Gasteiger charge is 2.21. The van der Waals surface area contributed by atoms with Crippen LogP contribution in [0.15, 0.2) is 0 Å². The van der Waals surface area contributed by atoms with Crippen LogP contribution in [0.5, 0.6) is 0 Å². The Kier molecular flexibility index (Phi) is 12.7. The molecule has 1 saturated heterocycles. The fourth-order valence-electron chi connectivity index (χ4n) is 2.81. The van der Waals surface area contributed by atoms with E-state index in [1.807, 2.05) is 27.7 Å². The molecule has 0 aromatic carbocycles. The van der Waals surface area contributed by atoms with Crippen LogP contribution < -0.4 is 5.32 Å². The third-order valence-corrected chi connectivity index (χ3v) is 4.07. The summed E-state index contributed by atoms with van der Waals surface area (Å²) in [7, 11) is 1.68. The number of likely N-dealkylation sites (tertiary alicyclic amines) is 1. The number of nitrogens with one attached hydrogen (secondary N) is 1. The molecule has 2 amide bonds.